The Morgan fingerprint density at radius 1 is 1.05 bits per heavy atom. The number of hydrogen-bond donors (Lipinski definition) is 3. The molecule has 0 bridgehead atoms. The van der Waals surface area contributed by atoms with Crippen LogP contribution in [0.1, 0.15) is 29.7 Å². The number of carbonyl (C=O) groups is 1. The van der Waals surface area contributed by atoms with E-state index in [4.69, 9.17) is 5.73 Å². The Hall–Kier alpha value is -2.49. The fourth-order valence-corrected chi connectivity index (χ4v) is 2.42. The van der Waals surface area contributed by atoms with Crippen molar-refractivity contribution in [3.05, 3.63) is 59.2 Å². The van der Waals surface area contributed by atoms with Crippen molar-refractivity contribution in [2.75, 3.05) is 10.6 Å². The number of anilines is 2. The molecule has 21 heavy (non-hydrogen) atoms. The first-order chi connectivity index (χ1) is 9.94. The van der Waals surface area contributed by atoms with Crippen molar-refractivity contribution in [1.82, 2.24) is 0 Å². The van der Waals surface area contributed by atoms with Gasteiger partial charge in [0, 0.05) is 17.4 Å². The summed E-state index contributed by atoms with van der Waals surface area (Å²) in [5.74, 6) is 0. The van der Waals surface area contributed by atoms with Crippen molar-refractivity contribution in [3.63, 3.8) is 0 Å². The van der Waals surface area contributed by atoms with Gasteiger partial charge < -0.3 is 16.4 Å². The van der Waals surface area contributed by atoms with Crippen molar-refractivity contribution < 1.29 is 4.79 Å². The second-order valence-electron chi connectivity index (χ2n) is 5.36. The normalized spacial score (nSPS) is 11.8. The average molecular weight is 283 g/mol. The summed E-state index contributed by atoms with van der Waals surface area (Å²) in [4.78, 5) is 10.9. The predicted octanol–water partition coefficient (Wildman–Crippen LogP) is 3.97. The molecular weight excluding hydrogens is 262 g/mol. The molecule has 4 heteroatoms. The minimum Gasteiger partial charge on any atom is -0.378 e. The summed E-state index contributed by atoms with van der Waals surface area (Å²) in [7, 11) is 0. The summed E-state index contributed by atoms with van der Waals surface area (Å²) >= 11 is 0. The minimum atomic E-state index is -0.561. The molecule has 1 unspecified atom stereocenters. The summed E-state index contributed by atoms with van der Waals surface area (Å²) < 4.78 is 0. The van der Waals surface area contributed by atoms with E-state index in [0.29, 0.717) is 5.69 Å². The summed E-state index contributed by atoms with van der Waals surface area (Å²) in [5, 5.41) is 6.01. The molecular formula is C17H21N3O. The first kappa shape index (κ1) is 14.9. The van der Waals surface area contributed by atoms with E-state index in [1.807, 2.05) is 18.2 Å². The minimum absolute atomic E-state index is 0.174. The third-order valence-corrected chi connectivity index (χ3v) is 3.26. The summed E-state index contributed by atoms with van der Waals surface area (Å²) in [5.41, 5.74) is 10.5. The lowest BCUT2D eigenvalue weighted by molar-refractivity contribution is 0.259. The van der Waals surface area contributed by atoms with E-state index in [1.54, 1.807) is 6.07 Å². The number of nitrogens with one attached hydrogen (secondary N) is 2. The summed E-state index contributed by atoms with van der Waals surface area (Å²) in [6.45, 7) is 6.31. The number of hydrogen-bond acceptors (Lipinski definition) is 2. The van der Waals surface area contributed by atoms with E-state index < -0.39 is 6.03 Å². The summed E-state index contributed by atoms with van der Waals surface area (Å²) in [6.07, 6.45) is 0. The zero-order chi connectivity index (χ0) is 15.4. The van der Waals surface area contributed by atoms with Gasteiger partial charge >= 0.3 is 6.03 Å². The van der Waals surface area contributed by atoms with Crippen molar-refractivity contribution in [1.29, 1.82) is 0 Å². The number of carbonyl (C=O) groups excluding carboxylic acids is 1. The first-order valence-electron chi connectivity index (χ1n) is 6.95. The fourth-order valence-electron chi connectivity index (χ4n) is 2.42. The molecule has 0 saturated carbocycles. The SMILES string of the molecule is Cc1cc(C)cc(C(C)Nc2cccc(NC(N)=O)c2)c1. The number of urea groups is 1. The monoisotopic (exact) mass is 283 g/mol. The van der Waals surface area contributed by atoms with E-state index in [2.05, 4.69) is 49.6 Å². The molecule has 0 saturated heterocycles. The van der Waals surface area contributed by atoms with Crippen molar-refractivity contribution in [2.45, 2.75) is 26.8 Å². The number of rotatable bonds is 4. The van der Waals surface area contributed by atoms with Crippen LogP contribution in [0.25, 0.3) is 0 Å². The van der Waals surface area contributed by atoms with E-state index >= 15 is 0 Å². The molecule has 0 heterocycles. The van der Waals surface area contributed by atoms with Crippen molar-refractivity contribution >= 4 is 17.4 Å². The Morgan fingerprint density at radius 2 is 1.67 bits per heavy atom. The molecule has 0 aliphatic rings. The zero-order valence-corrected chi connectivity index (χ0v) is 12.6. The first-order valence-corrected chi connectivity index (χ1v) is 6.95. The standard InChI is InChI=1S/C17H21N3O/c1-11-7-12(2)9-14(8-11)13(3)19-15-5-4-6-16(10-15)20-17(18)21/h4-10,13,19H,1-3H3,(H3,18,20,21). The van der Waals surface area contributed by atoms with Gasteiger partial charge in [0.2, 0.25) is 0 Å². The van der Waals surface area contributed by atoms with Gasteiger partial charge in [-0.25, -0.2) is 4.79 Å². The number of benzene rings is 2. The van der Waals surface area contributed by atoms with Crippen molar-refractivity contribution in [3.8, 4) is 0 Å². The fraction of sp³-hybridized carbons (Fsp3) is 0.235. The third-order valence-electron chi connectivity index (χ3n) is 3.26. The maximum atomic E-state index is 10.9. The van der Waals surface area contributed by atoms with E-state index in [-0.39, 0.29) is 6.04 Å². The molecule has 0 aliphatic heterocycles. The Bertz CT molecular complexity index is 632. The van der Waals surface area contributed by atoms with E-state index in [0.717, 1.165) is 5.69 Å². The number of aryl methyl sites for hydroxylation is 2. The highest BCUT2D eigenvalue weighted by atomic mass is 16.2. The zero-order valence-electron chi connectivity index (χ0n) is 12.6. The van der Waals surface area contributed by atoms with Crippen LogP contribution < -0.4 is 16.4 Å². The topological polar surface area (TPSA) is 67.2 Å². The molecule has 2 rings (SSSR count). The molecule has 2 aromatic carbocycles. The predicted molar refractivity (Wildman–Crippen MR) is 87.6 cm³/mol. The lowest BCUT2D eigenvalue weighted by Crippen LogP contribution is -2.19. The van der Waals surface area contributed by atoms with Crippen LogP contribution in [-0.4, -0.2) is 6.03 Å². The van der Waals surface area contributed by atoms with Gasteiger partial charge in [-0.3, -0.25) is 0 Å². The van der Waals surface area contributed by atoms with Crippen LogP contribution in [0.2, 0.25) is 0 Å². The lowest BCUT2D eigenvalue weighted by Gasteiger charge is -2.17. The van der Waals surface area contributed by atoms with E-state index in [9.17, 15) is 4.79 Å². The van der Waals surface area contributed by atoms with Crippen LogP contribution in [0.15, 0.2) is 42.5 Å². The lowest BCUT2D eigenvalue weighted by atomic mass is 10.0. The van der Waals surface area contributed by atoms with Gasteiger partial charge in [0.05, 0.1) is 0 Å². The molecule has 2 aromatic rings. The van der Waals surface area contributed by atoms with Gasteiger partial charge in [0.1, 0.15) is 0 Å². The maximum absolute atomic E-state index is 10.9. The van der Waals surface area contributed by atoms with E-state index in [1.165, 1.54) is 16.7 Å². The summed E-state index contributed by atoms with van der Waals surface area (Å²) in [6, 6.07) is 13.6. The Balaban J connectivity index is 2.15. The maximum Gasteiger partial charge on any atom is 0.316 e. The van der Waals surface area contributed by atoms with Gasteiger partial charge in [-0.1, -0.05) is 35.4 Å². The highest BCUT2D eigenvalue weighted by Gasteiger charge is 2.07. The van der Waals surface area contributed by atoms with Crippen LogP contribution in [-0.2, 0) is 0 Å². The number of amides is 2. The molecule has 0 aromatic heterocycles. The van der Waals surface area contributed by atoms with Gasteiger partial charge in [-0.05, 0) is 44.5 Å². The number of nitrogens with two attached hydrogens (primary N) is 1. The Morgan fingerprint density at radius 3 is 2.29 bits per heavy atom. The second kappa shape index (κ2) is 6.31. The van der Waals surface area contributed by atoms with Crippen LogP contribution in [0.4, 0.5) is 16.2 Å². The van der Waals surface area contributed by atoms with Gasteiger partial charge in [0.15, 0.2) is 0 Å². The molecule has 4 nitrogen and oxygen atoms in total. The molecule has 0 spiro atoms. The average Bonchev–Trinajstić information content (AvgIpc) is 2.37. The molecule has 110 valence electrons. The van der Waals surface area contributed by atoms with Gasteiger partial charge in [-0.15, -0.1) is 0 Å². The molecule has 2 amide bonds. The molecule has 0 aliphatic carbocycles. The van der Waals surface area contributed by atoms with Crippen LogP contribution in [0, 0.1) is 13.8 Å². The third kappa shape index (κ3) is 4.24. The molecule has 1 atom stereocenters. The number of primary amides is 1. The van der Waals surface area contributed by atoms with Crippen LogP contribution >= 0.6 is 0 Å². The molecule has 4 N–H and O–H groups in total. The quantitative estimate of drug-likeness (QED) is 0.794. The smallest absolute Gasteiger partial charge is 0.316 e. The van der Waals surface area contributed by atoms with Gasteiger partial charge in [-0.2, -0.15) is 0 Å². The second-order valence-corrected chi connectivity index (χ2v) is 5.36. The molecule has 0 fully saturated rings. The van der Waals surface area contributed by atoms with Crippen LogP contribution in [0.3, 0.4) is 0 Å². The van der Waals surface area contributed by atoms with Crippen molar-refractivity contribution in [2.24, 2.45) is 5.73 Å². The Labute approximate surface area is 125 Å². The largest absolute Gasteiger partial charge is 0.378 e. The van der Waals surface area contributed by atoms with Gasteiger partial charge in [0.25, 0.3) is 0 Å². The highest BCUT2D eigenvalue weighted by Crippen LogP contribution is 2.23. The Kier molecular flexibility index (Phi) is 4.48. The van der Waals surface area contributed by atoms with Crippen LogP contribution in [0.5, 0.6) is 0 Å². The molecule has 0 radical (unpaired) electrons. The highest BCUT2D eigenvalue weighted by molar-refractivity contribution is 5.88.